The van der Waals surface area contributed by atoms with Gasteiger partial charge in [0, 0.05) is 24.6 Å². The third-order valence-electron chi connectivity index (χ3n) is 6.93. The lowest BCUT2D eigenvalue weighted by atomic mass is 10.0. The van der Waals surface area contributed by atoms with Crippen molar-refractivity contribution in [2.24, 2.45) is 0 Å². The van der Waals surface area contributed by atoms with Crippen molar-refractivity contribution in [1.82, 2.24) is 16.0 Å². The molecule has 0 fully saturated rings. The Kier molecular flexibility index (Phi) is 11.4. The summed E-state index contributed by atoms with van der Waals surface area (Å²) >= 11 is 0. The van der Waals surface area contributed by atoms with Crippen molar-refractivity contribution in [3.05, 3.63) is 132 Å². The molecule has 3 amide bonds. The zero-order valence-electron chi connectivity index (χ0n) is 25.5. The van der Waals surface area contributed by atoms with E-state index in [1.807, 2.05) is 12.1 Å². The topological polar surface area (TPSA) is 124 Å². The monoisotopic (exact) mass is 611 g/mol. The molecule has 0 spiro atoms. The van der Waals surface area contributed by atoms with Gasteiger partial charge >= 0.3 is 0 Å². The zero-order chi connectivity index (χ0) is 32.2. The summed E-state index contributed by atoms with van der Waals surface area (Å²) in [5, 5.41) is 8.45. The fourth-order valence-electron chi connectivity index (χ4n) is 4.60. The van der Waals surface area contributed by atoms with Gasteiger partial charge in [-0.1, -0.05) is 49.1 Å². The summed E-state index contributed by atoms with van der Waals surface area (Å²) in [4.78, 5) is 40.2. The molecular formula is C35H37N3O7. The highest BCUT2D eigenvalue weighted by Crippen LogP contribution is 2.24. The number of carbonyl (C=O) groups excluding carboxylic acids is 3. The average Bonchev–Trinajstić information content (AvgIpc) is 3.03. The lowest BCUT2D eigenvalue weighted by Crippen LogP contribution is -2.54. The smallest absolute Gasteiger partial charge is 0.247 e. The summed E-state index contributed by atoms with van der Waals surface area (Å²) < 4.78 is 22.4. The van der Waals surface area contributed by atoms with E-state index in [2.05, 4.69) is 22.5 Å². The second-order valence-corrected chi connectivity index (χ2v) is 10.2. The van der Waals surface area contributed by atoms with E-state index in [9.17, 15) is 14.4 Å². The number of ether oxygens (including phenoxy) is 4. The number of carbonyl (C=O) groups is 3. The molecule has 3 heterocycles. The van der Waals surface area contributed by atoms with Gasteiger partial charge in [0.15, 0.2) is 0 Å². The summed E-state index contributed by atoms with van der Waals surface area (Å²) in [6, 6.07) is 12.4. The Morgan fingerprint density at radius 2 is 1.62 bits per heavy atom. The molecule has 0 saturated heterocycles. The number of benzene rings is 2. The number of hydrogen-bond donors (Lipinski definition) is 3. The van der Waals surface area contributed by atoms with E-state index in [0.717, 1.165) is 5.56 Å². The van der Waals surface area contributed by atoms with Crippen LogP contribution in [0.3, 0.4) is 0 Å². The second-order valence-electron chi connectivity index (χ2n) is 10.2. The standard InChI is InChI=1S/C35H37N3O7/c1-23-18-29(43-3)22-27(42-2)10-7-17-36-34(40)31-20-24-13-15-26(16-14-24)45-28-9-5-8-25(19-28)21-33(39)37-30(35(41)38-31)11-6-12-32(23)44-4/h5-16,18-19,22,30-31H,1,17,20-21H2,2-4H3,(H,36,40)(H,37,39)(H,38,41)/b10-7-,11-6?,27-22+,29-18+,32-12+/t30-,31+/m1/s1. The Morgan fingerprint density at radius 1 is 0.844 bits per heavy atom. The highest BCUT2D eigenvalue weighted by atomic mass is 16.5. The van der Waals surface area contributed by atoms with E-state index in [0.29, 0.717) is 39.9 Å². The van der Waals surface area contributed by atoms with Gasteiger partial charge in [-0.2, -0.15) is 0 Å². The maximum atomic E-state index is 13.7. The van der Waals surface area contributed by atoms with Crippen LogP contribution in [-0.2, 0) is 41.4 Å². The number of methoxy groups -OCH3 is 3. The minimum Gasteiger partial charge on any atom is -0.497 e. The highest BCUT2D eigenvalue weighted by Gasteiger charge is 2.26. The predicted molar refractivity (Wildman–Crippen MR) is 170 cm³/mol. The first-order valence-electron chi connectivity index (χ1n) is 14.3. The molecule has 10 nitrogen and oxygen atoms in total. The van der Waals surface area contributed by atoms with E-state index < -0.39 is 29.8 Å². The molecular weight excluding hydrogens is 574 g/mol. The van der Waals surface area contributed by atoms with Crippen LogP contribution < -0.4 is 20.7 Å². The fraction of sp³-hybridized carbons (Fsp3) is 0.229. The first kappa shape index (κ1) is 32.4. The predicted octanol–water partition coefficient (Wildman–Crippen LogP) is 3.94. The largest absolute Gasteiger partial charge is 0.497 e. The Balaban J connectivity index is 1.77. The molecule has 3 aliphatic rings. The first-order chi connectivity index (χ1) is 21.8. The Bertz CT molecular complexity index is 1570. The number of rotatable bonds is 3. The Hall–Kier alpha value is -5.51. The number of nitrogens with one attached hydrogen (secondary N) is 3. The van der Waals surface area contributed by atoms with Gasteiger partial charge in [-0.25, -0.2) is 0 Å². The maximum Gasteiger partial charge on any atom is 0.247 e. The van der Waals surface area contributed by atoms with Crippen LogP contribution in [0.2, 0.25) is 0 Å². The summed E-state index contributed by atoms with van der Waals surface area (Å²) in [6.45, 7) is 4.22. The van der Waals surface area contributed by atoms with Gasteiger partial charge in [0.05, 0.1) is 27.8 Å². The molecule has 0 aromatic heterocycles. The van der Waals surface area contributed by atoms with Crippen LogP contribution in [0.5, 0.6) is 11.5 Å². The SMILES string of the molecule is C=C1\C=C(OC)/C=C(OC)\C=C/CNC(=O)[C@@H]2Cc3ccc(cc3)Oc3cccc(c3)CC(=O)N[C@H](C=C/C=C\1OC)C(=O)N2. The van der Waals surface area contributed by atoms with Crippen molar-refractivity contribution < 1.29 is 33.3 Å². The molecule has 0 unspecified atom stereocenters. The Morgan fingerprint density at radius 3 is 2.36 bits per heavy atom. The molecule has 3 N–H and O–H groups in total. The maximum absolute atomic E-state index is 13.7. The molecule has 0 aliphatic carbocycles. The third kappa shape index (κ3) is 9.49. The van der Waals surface area contributed by atoms with Gasteiger partial charge in [-0.3, -0.25) is 14.4 Å². The van der Waals surface area contributed by atoms with E-state index >= 15 is 0 Å². The number of fused-ring (bicyclic) bond motifs is 4. The molecule has 2 aromatic rings. The van der Waals surface area contributed by atoms with Gasteiger partial charge in [0.25, 0.3) is 0 Å². The summed E-state index contributed by atoms with van der Waals surface area (Å²) in [7, 11) is 4.52. The van der Waals surface area contributed by atoms with Gasteiger partial charge in [0.2, 0.25) is 17.7 Å². The highest BCUT2D eigenvalue weighted by molar-refractivity contribution is 5.93. The molecule has 45 heavy (non-hydrogen) atoms. The van der Waals surface area contributed by atoms with Crippen molar-refractivity contribution in [3.63, 3.8) is 0 Å². The van der Waals surface area contributed by atoms with Gasteiger partial charge in [-0.05, 0) is 53.6 Å². The quantitative estimate of drug-likeness (QED) is 0.481. The number of amides is 3. The van der Waals surface area contributed by atoms with Crippen LogP contribution in [0.1, 0.15) is 11.1 Å². The van der Waals surface area contributed by atoms with Crippen LogP contribution in [0.4, 0.5) is 0 Å². The minimum absolute atomic E-state index is 0.00153. The van der Waals surface area contributed by atoms with Crippen molar-refractivity contribution in [1.29, 1.82) is 0 Å². The third-order valence-corrected chi connectivity index (χ3v) is 6.93. The molecule has 0 radical (unpaired) electrons. The number of hydrogen-bond acceptors (Lipinski definition) is 7. The molecule has 0 saturated carbocycles. The molecule has 5 rings (SSSR count). The van der Waals surface area contributed by atoms with E-state index in [1.165, 1.54) is 27.4 Å². The van der Waals surface area contributed by atoms with Crippen molar-refractivity contribution >= 4 is 17.7 Å². The van der Waals surface area contributed by atoms with Crippen molar-refractivity contribution in [2.75, 3.05) is 27.9 Å². The van der Waals surface area contributed by atoms with Crippen LogP contribution in [0.25, 0.3) is 0 Å². The van der Waals surface area contributed by atoms with Crippen LogP contribution in [0, 0.1) is 0 Å². The lowest BCUT2D eigenvalue weighted by molar-refractivity contribution is -0.131. The molecule has 6 bridgehead atoms. The van der Waals surface area contributed by atoms with Crippen LogP contribution in [-0.4, -0.2) is 57.7 Å². The second kappa shape index (κ2) is 15.8. The average molecular weight is 612 g/mol. The molecule has 2 atom stereocenters. The van der Waals surface area contributed by atoms with Crippen molar-refractivity contribution in [3.8, 4) is 11.5 Å². The minimum atomic E-state index is -1.11. The molecule has 10 heteroatoms. The molecule has 3 aliphatic heterocycles. The van der Waals surface area contributed by atoms with Gasteiger partial charge < -0.3 is 34.9 Å². The first-order valence-corrected chi connectivity index (χ1v) is 14.3. The van der Waals surface area contributed by atoms with Crippen LogP contribution in [0.15, 0.2) is 120 Å². The molecule has 2 aromatic carbocycles. The van der Waals surface area contributed by atoms with Crippen molar-refractivity contribution in [2.45, 2.75) is 24.9 Å². The summed E-state index contributed by atoms with van der Waals surface area (Å²) in [6.07, 6.45) is 11.6. The Labute approximate surface area is 262 Å². The van der Waals surface area contributed by atoms with E-state index in [4.69, 9.17) is 18.9 Å². The van der Waals surface area contributed by atoms with Gasteiger partial charge in [0.1, 0.15) is 40.9 Å². The summed E-state index contributed by atoms with van der Waals surface area (Å²) in [5.41, 5.74) is 1.99. The lowest BCUT2D eigenvalue weighted by Gasteiger charge is -2.22. The van der Waals surface area contributed by atoms with E-state index in [1.54, 1.807) is 72.9 Å². The van der Waals surface area contributed by atoms with Gasteiger partial charge in [-0.15, -0.1) is 0 Å². The fourth-order valence-corrected chi connectivity index (χ4v) is 4.60. The molecule has 234 valence electrons. The normalized spacial score (nSPS) is 24.0. The van der Waals surface area contributed by atoms with Crippen LogP contribution >= 0.6 is 0 Å². The number of allylic oxidation sites excluding steroid dienone is 5. The summed E-state index contributed by atoms with van der Waals surface area (Å²) in [5.74, 6) is 1.11. The zero-order valence-corrected chi connectivity index (χ0v) is 25.5. The van der Waals surface area contributed by atoms with E-state index in [-0.39, 0.29) is 19.4 Å².